The molecular weight excluding hydrogens is 288 g/mol. The van der Waals surface area contributed by atoms with Gasteiger partial charge in [0.15, 0.2) is 0 Å². The SMILES string of the molecule is Cc1nc(N2CCCCCCC2)ncc1[C@@H](C)NC(=O)C(C)C. The van der Waals surface area contributed by atoms with Crippen molar-refractivity contribution in [3.63, 3.8) is 0 Å². The van der Waals surface area contributed by atoms with Gasteiger partial charge < -0.3 is 10.2 Å². The lowest BCUT2D eigenvalue weighted by Crippen LogP contribution is -2.32. The summed E-state index contributed by atoms with van der Waals surface area (Å²) in [5, 5.41) is 3.02. The Balaban J connectivity index is 2.08. The summed E-state index contributed by atoms with van der Waals surface area (Å²) < 4.78 is 0. The number of hydrogen-bond acceptors (Lipinski definition) is 4. The van der Waals surface area contributed by atoms with Gasteiger partial charge in [0, 0.05) is 36.5 Å². The number of carbonyl (C=O) groups excluding carboxylic acids is 1. The van der Waals surface area contributed by atoms with Crippen LogP contribution >= 0.6 is 0 Å². The number of carbonyl (C=O) groups is 1. The van der Waals surface area contributed by atoms with E-state index in [0.717, 1.165) is 30.3 Å². The smallest absolute Gasteiger partial charge is 0.225 e. The number of rotatable bonds is 4. The van der Waals surface area contributed by atoms with E-state index in [1.165, 1.54) is 32.1 Å². The molecule has 1 amide bonds. The lowest BCUT2D eigenvalue weighted by molar-refractivity contribution is -0.124. The Hall–Kier alpha value is -1.65. The maximum absolute atomic E-state index is 11.9. The fourth-order valence-electron chi connectivity index (χ4n) is 2.95. The predicted molar refractivity (Wildman–Crippen MR) is 93.5 cm³/mol. The molecule has 2 heterocycles. The van der Waals surface area contributed by atoms with Gasteiger partial charge in [-0.3, -0.25) is 4.79 Å². The van der Waals surface area contributed by atoms with E-state index in [4.69, 9.17) is 4.98 Å². The van der Waals surface area contributed by atoms with Crippen LogP contribution in [0.15, 0.2) is 6.20 Å². The highest BCUT2D eigenvalue weighted by Gasteiger charge is 2.17. The van der Waals surface area contributed by atoms with Crippen molar-refractivity contribution in [1.82, 2.24) is 15.3 Å². The van der Waals surface area contributed by atoms with E-state index in [1.54, 1.807) is 0 Å². The minimum atomic E-state index is -0.0636. The van der Waals surface area contributed by atoms with Crippen LogP contribution in [0.3, 0.4) is 0 Å². The van der Waals surface area contributed by atoms with Crippen LogP contribution in [0, 0.1) is 12.8 Å². The zero-order valence-electron chi connectivity index (χ0n) is 14.9. The number of anilines is 1. The number of hydrogen-bond donors (Lipinski definition) is 1. The fourth-order valence-corrected chi connectivity index (χ4v) is 2.95. The van der Waals surface area contributed by atoms with Gasteiger partial charge in [-0.2, -0.15) is 0 Å². The van der Waals surface area contributed by atoms with Gasteiger partial charge in [0.1, 0.15) is 0 Å². The maximum Gasteiger partial charge on any atom is 0.225 e. The Morgan fingerprint density at radius 2 is 1.74 bits per heavy atom. The summed E-state index contributed by atoms with van der Waals surface area (Å²) >= 11 is 0. The Labute approximate surface area is 139 Å². The molecule has 0 aliphatic carbocycles. The first-order valence-electron chi connectivity index (χ1n) is 8.88. The number of aryl methyl sites for hydroxylation is 1. The Bertz CT molecular complexity index is 522. The van der Waals surface area contributed by atoms with E-state index in [0.29, 0.717) is 0 Å². The summed E-state index contributed by atoms with van der Waals surface area (Å²) in [6.45, 7) is 9.87. The monoisotopic (exact) mass is 318 g/mol. The van der Waals surface area contributed by atoms with Crippen LogP contribution in [0.1, 0.15) is 70.2 Å². The quantitative estimate of drug-likeness (QED) is 0.924. The van der Waals surface area contributed by atoms with Crippen molar-refractivity contribution in [3.05, 3.63) is 17.5 Å². The van der Waals surface area contributed by atoms with Crippen LogP contribution in [0.5, 0.6) is 0 Å². The third kappa shape index (κ3) is 4.91. The van der Waals surface area contributed by atoms with E-state index in [-0.39, 0.29) is 17.9 Å². The van der Waals surface area contributed by atoms with E-state index in [9.17, 15) is 4.79 Å². The minimum absolute atomic E-state index is 0.0148. The minimum Gasteiger partial charge on any atom is -0.349 e. The van der Waals surface area contributed by atoms with Crippen molar-refractivity contribution < 1.29 is 4.79 Å². The van der Waals surface area contributed by atoms with Crippen LogP contribution in [-0.4, -0.2) is 29.0 Å². The Kier molecular flexibility index (Phi) is 6.37. The predicted octanol–water partition coefficient (Wildman–Crippen LogP) is 3.39. The van der Waals surface area contributed by atoms with E-state index in [1.807, 2.05) is 33.9 Å². The third-order valence-corrected chi connectivity index (χ3v) is 4.49. The topological polar surface area (TPSA) is 58.1 Å². The lowest BCUT2D eigenvalue weighted by atomic mass is 10.1. The zero-order valence-corrected chi connectivity index (χ0v) is 14.9. The lowest BCUT2D eigenvalue weighted by Gasteiger charge is -2.26. The molecule has 23 heavy (non-hydrogen) atoms. The molecule has 0 spiro atoms. The highest BCUT2D eigenvalue weighted by molar-refractivity contribution is 5.78. The van der Waals surface area contributed by atoms with Crippen molar-refractivity contribution in [2.24, 2.45) is 5.92 Å². The molecule has 1 aromatic heterocycles. The molecule has 0 unspecified atom stereocenters. The Morgan fingerprint density at radius 3 is 2.30 bits per heavy atom. The molecule has 0 radical (unpaired) electrons. The molecule has 0 aromatic carbocycles. The first-order valence-corrected chi connectivity index (χ1v) is 8.88. The normalized spacial score (nSPS) is 17.5. The van der Waals surface area contributed by atoms with Crippen LogP contribution in [0.25, 0.3) is 0 Å². The molecule has 1 aromatic rings. The molecule has 0 saturated carbocycles. The van der Waals surface area contributed by atoms with Crippen molar-refractivity contribution in [3.8, 4) is 0 Å². The summed E-state index contributed by atoms with van der Waals surface area (Å²) in [4.78, 5) is 23.4. The molecule has 1 saturated heterocycles. The molecule has 2 rings (SSSR count). The largest absolute Gasteiger partial charge is 0.349 e. The fraction of sp³-hybridized carbons (Fsp3) is 0.722. The van der Waals surface area contributed by atoms with Crippen molar-refractivity contribution in [1.29, 1.82) is 0 Å². The summed E-state index contributed by atoms with van der Waals surface area (Å²) in [6, 6.07) is -0.0636. The van der Waals surface area contributed by atoms with Crippen molar-refractivity contribution in [2.45, 2.75) is 65.8 Å². The molecule has 1 atom stereocenters. The second-order valence-corrected chi connectivity index (χ2v) is 6.85. The Morgan fingerprint density at radius 1 is 1.13 bits per heavy atom. The van der Waals surface area contributed by atoms with Crippen LogP contribution < -0.4 is 10.2 Å². The molecule has 1 fully saturated rings. The highest BCUT2D eigenvalue weighted by Crippen LogP contribution is 2.20. The van der Waals surface area contributed by atoms with E-state index in [2.05, 4.69) is 15.2 Å². The molecule has 1 N–H and O–H groups in total. The van der Waals surface area contributed by atoms with Gasteiger partial charge in [0.05, 0.1) is 6.04 Å². The average Bonchev–Trinajstić information content (AvgIpc) is 2.46. The second kappa shape index (κ2) is 8.27. The van der Waals surface area contributed by atoms with Gasteiger partial charge in [-0.05, 0) is 26.7 Å². The van der Waals surface area contributed by atoms with Gasteiger partial charge in [-0.1, -0.05) is 33.1 Å². The molecular formula is C18H30N4O. The van der Waals surface area contributed by atoms with E-state index >= 15 is 0 Å². The number of aromatic nitrogens is 2. The number of amides is 1. The van der Waals surface area contributed by atoms with Crippen LogP contribution in [0.2, 0.25) is 0 Å². The van der Waals surface area contributed by atoms with Gasteiger partial charge in [0.2, 0.25) is 11.9 Å². The number of nitrogens with one attached hydrogen (secondary N) is 1. The molecule has 0 bridgehead atoms. The molecule has 1 aliphatic heterocycles. The summed E-state index contributed by atoms with van der Waals surface area (Å²) in [7, 11) is 0. The van der Waals surface area contributed by atoms with Gasteiger partial charge in [0.25, 0.3) is 0 Å². The maximum atomic E-state index is 11.9. The summed E-state index contributed by atoms with van der Waals surface area (Å²) in [6.07, 6.45) is 8.25. The van der Waals surface area contributed by atoms with Crippen molar-refractivity contribution >= 4 is 11.9 Å². The van der Waals surface area contributed by atoms with E-state index < -0.39 is 0 Å². The van der Waals surface area contributed by atoms with Gasteiger partial charge in [-0.25, -0.2) is 9.97 Å². The number of nitrogens with zero attached hydrogens (tertiary/aromatic N) is 3. The molecule has 128 valence electrons. The first kappa shape index (κ1) is 17.7. The third-order valence-electron chi connectivity index (χ3n) is 4.49. The molecule has 5 nitrogen and oxygen atoms in total. The average molecular weight is 318 g/mol. The summed E-state index contributed by atoms with van der Waals surface area (Å²) in [5.74, 6) is 0.874. The highest BCUT2D eigenvalue weighted by atomic mass is 16.1. The standard InChI is InChI=1S/C18H30N4O/c1-13(2)17(23)20-14(3)16-12-19-18(21-15(16)4)22-10-8-6-5-7-9-11-22/h12-14H,5-11H2,1-4H3,(H,20,23)/t14-/m1/s1. The molecule has 5 heteroatoms. The summed E-state index contributed by atoms with van der Waals surface area (Å²) in [5.41, 5.74) is 1.95. The van der Waals surface area contributed by atoms with Crippen LogP contribution in [0.4, 0.5) is 5.95 Å². The molecule has 1 aliphatic rings. The van der Waals surface area contributed by atoms with Crippen LogP contribution in [-0.2, 0) is 4.79 Å². The van der Waals surface area contributed by atoms with Gasteiger partial charge >= 0.3 is 0 Å². The second-order valence-electron chi connectivity index (χ2n) is 6.85. The zero-order chi connectivity index (χ0) is 16.8. The first-order chi connectivity index (χ1) is 11.0. The van der Waals surface area contributed by atoms with Crippen molar-refractivity contribution in [2.75, 3.05) is 18.0 Å². The van der Waals surface area contributed by atoms with Gasteiger partial charge in [-0.15, -0.1) is 0 Å².